The molecule has 152 valence electrons. The van der Waals surface area contributed by atoms with Gasteiger partial charge in [-0.15, -0.1) is 0 Å². The van der Waals surface area contributed by atoms with Crippen LogP contribution in [0.25, 0.3) is 0 Å². The van der Waals surface area contributed by atoms with Gasteiger partial charge in [-0.1, -0.05) is 30.3 Å². The van der Waals surface area contributed by atoms with E-state index in [9.17, 15) is 4.79 Å². The summed E-state index contributed by atoms with van der Waals surface area (Å²) in [5.74, 6) is -0.0572. The minimum absolute atomic E-state index is 0.0572. The van der Waals surface area contributed by atoms with Gasteiger partial charge in [0.25, 0.3) is 0 Å². The van der Waals surface area contributed by atoms with Crippen LogP contribution >= 0.6 is 0 Å². The van der Waals surface area contributed by atoms with Crippen LogP contribution in [0.2, 0.25) is 0 Å². The molecule has 2 heterocycles. The Bertz CT molecular complexity index is 891. The second-order valence-electron chi connectivity index (χ2n) is 8.69. The average Bonchev–Trinajstić information content (AvgIpc) is 3.48. The number of fused-ring (bicyclic) bond motifs is 2. The molecule has 1 amide bonds. The number of nitrogens with one attached hydrogen (secondary N) is 2. The monoisotopic (exact) mass is 392 g/mol. The first-order valence-corrected chi connectivity index (χ1v) is 10.5. The van der Waals surface area contributed by atoms with Gasteiger partial charge in [0.2, 0.25) is 5.91 Å². The van der Waals surface area contributed by atoms with E-state index < -0.39 is 5.54 Å². The van der Waals surface area contributed by atoms with Crippen molar-refractivity contribution in [2.75, 3.05) is 13.1 Å². The number of hydrogen-bond donors (Lipinski definition) is 3. The van der Waals surface area contributed by atoms with Crippen LogP contribution < -0.4 is 16.4 Å². The Balaban J connectivity index is 1.50. The van der Waals surface area contributed by atoms with Crippen molar-refractivity contribution in [1.82, 2.24) is 15.6 Å². The number of hydrogen-bond acceptors (Lipinski definition) is 5. The highest BCUT2D eigenvalue weighted by Crippen LogP contribution is 2.52. The summed E-state index contributed by atoms with van der Waals surface area (Å²) in [4.78, 5) is 17.1. The van der Waals surface area contributed by atoms with Gasteiger partial charge in [0.05, 0.1) is 24.3 Å². The van der Waals surface area contributed by atoms with Crippen molar-refractivity contribution < 1.29 is 9.53 Å². The largest absolute Gasteiger partial charge is 0.370 e. The molecule has 29 heavy (non-hydrogen) atoms. The SMILES string of the molecule is NC1(C(=O)N[C@H]2c3ccccc3C3(CCNCC3)[C@@H]2OCc2cccnc2)CC1. The maximum atomic E-state index is 12.9. The summed E-state index contributed by atoms with van der Waals surface area (Å²) >= 11 is 0. The third-order valence-corrected chi connectivity index (χ3v) is 6.86. The Labute approximate surface area is 171 Å². The summed E-state index contributed by atoms with van der Waals surface area (Å²) in [7, 11) is 0. The minimum atomic E-state index is -0.702. The number of ether oxygens (including phenoxy) is 1. The second-order valence-corrected chi connectivity index (χ2v) is 8.69. The van der Waals surface area contributed by atoms with Gasteiger partial charge in [-0.2, -0.15) is 0 Å². The molecule has 6 nitrogen and oxygen atoms in total. The molecular formula is C23H28N4O2. The fourth-order valence-corrected chi connectivity index (χ4v) is 5.01. The third-order valence-electron chi connectivity index (χ3n) is 6.86. The van der Waals surface area contributed by atoms with Crippen LogP contribution in [0.5, 0.6) is 0 Å². The Morgan fingerprint density at radius 3 is 2.69 bits per heavy atom. The second kappa shape index (κ2) is 7.20. The summed E-state index contributed by atoms with van der Waals surface area (Å²) in [5.41, 5.74) is 8.91. The van der Waals surface area contributed by atoms with E-state index in [0.29, 0.717) is 6.61 Å². The lowest BCUT2D eigenvalue weighted by Crippen LogP contribution is -2.52. The van der Waals surface area contributed by atoms with Crippen LogP contribution in [0, 0.1) is 0 Å². The molecule has 1 aromatic heterocycles. The Kier molecular flexibility index (Phi) is 4.65. The molecule has 3 aliphatic rings. The van der Waals surface area contributed by atoms with E-state index in [1.807, 2.05) is 24.4 Å². The van der Waals surface area contributed by atoms with Crippen molar-refractivity contribution in [2.24, 2.45) is 5.73 Å². The molecule has 1 saturated carbocycles. The average molecular weight is 393 g/mol. The zero-order chi connectivity index (χ0) is 19.9. The van der Waals surface area contributed by atoms with Gasteiger partial charge in [0.15, 0.2) is 0 Å². The van der Waals surface area contributed by atoms with E-state index >= 15 is 0 Å². The van der Waals surface area contributed by atoms with Gasteiger partial charge >= 0.3 is 0 Å². The fraction of sp³-hybridized carbons (Fsp3) is 0.478. The van der Waals surface area contributed by atoms with E-state index in [-0.39, 0.29) is 23.5 Å². The van der Waals surface area contributed by atoms with Crippen molar-refractivity contribution in [3.05, 3.63) is 65.5 Å². The number of carbonyl (C=O) groups excluding carboxylic acids is 1. The fourth-order valence-electron chi connectivity index (χ4n) is 5.01. The molecule has 0 radical (unpaired) electrons. The van der Waals surface area contributed by atoms with Crippen molar-refractivity contribution in [2.45, 2.75) is 55.4 Å². The van der Waals surface area contributed by atoms with E-state index in [4.69, 9.17) is 10.5 Å². The number of piperidine rings is 1. The first-order chi connectivity index (χ1) is 14.1. The molecule has 6 heteroatoms. The van der Waals surface area contributed by atoms with Gasteiger partial charge < -0.3 is 21.1 Å². The predicted octanol–water partition coefficient (Wildman–Crippen LogP) is 1.95. The number of amides is 1. The molecule has 0 bridgehead atoms. The summed E-state index contributed by atoms with van der Waals surface area (Å²) < 4.78 is 6.59. The van der Waals surface area contributed by atoms with Crippen molar-refractivity contribution in [1.29, 1.82) is 0 Å². The lowest BCUT2D eigenvalue weighted by molar-refractivity contribution is -0.126. The number of pyridine rings is 1. The van der Waals surface area contributed by atoms with Crippen LogP contribution in [0.4, 0.5) is 0 Å². The smallest absolute Gasteiger partial charge is 0.240 e. The Morgan fingerprint density at radius 2 is 1.97 bits per heavy atom. The lowest BCUT2D eigenvalue weighted by Gasteiger charge is -2.41. The standard InChI is InChI=1S/C23H28N4O2/c24-23(7-8-23)21(28)27-19-17-5-1-2-6-18(17)22(9-12-25-13-10-22)20(19)29-15-16-4-3-11-26-14-16/h1-6,11,14,19-20,25H,7-10,12-13,15,24H2,(H,27,28)/t19-,20+/m0/s1. The van der Waals surface area contributed by atoms with Crippen molar-refractivity contribution >= 4 is 5.91 Å². The summed E-state index contributed by atoms with van der Waals surface area (Å²) in [6, 6.07) is 12.2. The molecule has 2 aromatic rings. The molecule has 1 aliphatic heterocycles. The normalized spacial score (nSPS) is 26.1. The van der Waals surface area contributed by atoms with Crippen LogP contribution in [-0.2, 0) is 21.6 Å². The highest BCUT2D eigenvalue weighted by Gasteiger charge is 2.55. The van der Waals surface area contributed by atoms with E-state index in [1.165, 1.54) is 11.1 Å². The molecule has 2 aliphatic carbocycles. The van der Waals surface area contributed by atoms with Gasteiger partial charge in [-0.05, 0) is 61.5 Å². The first kappa shape index (κ1) is 18.7. The molecule has 4 N–H and O–H groups in total. The zero-order valence-electron chi connectivity index (χ0n) is 16.6. The summed E-state index contributed by atoms with van der Waals surface area (Å²) in [6.45, 7) is 2.37. The Hall–Kier alpha value is -2.28. The molecular weight excluding hydrogens is 364 g/mol. The molecule has 1 aromatic carbocycles. The van der Waals surface area contributed by atoms with E-state index in [2.05, 4.69) is 33.8 Å². The highest BCUT2D eigenvalue weighted by atomic mass is 16.5. The van der Waals surface area contributed by atoms with Gasteiger partial charge in [-0.25, -0.2) is 0 Å². The maximum Gasteiger partial charge on any atom is 0.240 e. The van der Waals surface area contributed by atoms with Crippen LogP contribution in [0.1, 0.15) is 48.4 Å². The van der Waals surface area contributed by atoms with Crippen LogP contribution in [0.3, 0.4) is 0 Å². The van der Waals surface area contributed by atoms with Crippen LogP contribution in [-0.4, -0.2) is 35.6 Å². The van der Waals surface area contributed by atoms with E-state index in [0.717, 1.165) is 44.3 Å². The molecule has 1 spiro atoms. The molecule has 2 atom stereocenters. The predicted molar refractivity (Wildman–Crippen MR) is 110 cm³/mol. The zero-order valence-corrected chi connectivity index (χ0v) is 16.6. The quantitative estimate of drug-likeness (QED) is 0.724. The number of aromatic nitrogens is 1. The third kappa shape index (κ3) is 3.25. The number of rotatable bonds is 5. The van der Waals surface area contributed by atoms with Gasteiger partial charge in [-0.3, -0.25) is 9.78 Å². The van der Waals surface area contributed by atoms with Crippen molar-refractivity contribution in [3.8, 4) is 0 Å². The molecule has 5 rings (SSSR count). The van der Waals surface area contributed by atoms with E-state index in [1.54, 1.807) is 6.20 Å². The topological polar surface area (TPSA) is 89.3 Å². The van der Waals surface area contributed by atoms with Gasteiger partial charge in [0.1, 0.15) is 0 Å². The number of nitrogens with zero attached hydrogens (tertiary/aromatic N) is 1. The minimum Gasteiger partial charge on any atom is -0.370 e. The summed E-state index contributed by atoms with van der Waals surface area (Å²) in [6.07, 6.45) is 6.96. The number of benzene rings is 1. The Morgan fingerprint density at radius 1 is 1.17 bits per heavy atom. The molecule has 2 fully saturated rings. The van der Waals surface area contributed by atoms with Crippen LogP contribution in [0.15, 0.2) is 48.8 Å². The molecule has 1 saturated heterocycles. The van der Waals surface area contributed by atoms with Gasteiger partial charge in [0, 0.05) is 17.8 Å². The lowest BCUT2D eigenvalue weighted by atomic mass is 9.72. The highest BCUT2D eigenvalue weighted by molar-refractivity contribution is 5.89. The molecule has 0 unspecified atom stereocenters. The summed E-state index contributed by atoms with van der Waals surface area (Å²) in [5, 5.41) is 6.75. The first-order valence-electron chi connectivity index (χ1n) is 10.5. The van der Waals surface area contributed by atoms with Crippen molar-refractivity contribution in [3.63, 3.8) is 0 Å². The maximum absolute atomic E-state index is 12.9. The number of nitrogens with two attached hydrogens (primary N) is 1. The number of carbonyl (C=O) groups is 1.